The summed E-state index contributed by atoms with van der Waals surface area (Å²) in [6.07, 6.45) is 2.09. The van der Waals surface area contributed by atoms with Gasteiger partial charge in [-0.05, 0) is 36.1 Å². The number of amides is 1. The van der Waals surface area contributed by atoms with Crippen molar-refractivity contribution in [1.29, 1.82) is 0 Å². The van der Waals surface area contributed by atoms with Gasteiger partial charge in [0.05, 0.1) is 0 Å². The lowest BCUT2D eigenvalue weighted by Crippen LogP contribution is -2.26. The summed E-state index contributed by atoms with van der Waals surface area (Å²) in [5, 5.41) is 6.46. The SMILES string of the molecule is O=C(NC1CC1c1ccccc1)c1ccc2c(c1)NCC2. The van der Waals surface area contributed by atoms with E-state index in [-0.39, 0.29) is 11.9 Å². The molecule has 0 spiro atoms. The molecule has 2 N–H and O–H groups in total. The van der Waals surface area contributed by atoms with Crippen molar-refractivity contribution < 1.29 is 4.79 Å². The molecule has 0 aromatic heterocycles. The quantitative estimate of drug-likeness (QED) is 0.906. The van der Waals surface area contributed by atoms with Gasteiger partial charge in [0.1, 0.15) is 0 Å². The molecule has 1 amide bonds. The third-order valence-corrected chi connectivity index (χ3v) is 4.42. The Morgan fingerprint density at radius 1 is 1.14 bits per heavy atom. The molecule has 2 aliphatic rings. The standard InChI is InChI=1S/C18H18N2O/c21-18(14-7-6-13-8-9-19-16(13)10-14)20-17-11-15(17)12-4-2-1-3-5-12/h1-7,10,15,17,19H,8-9,11H2,(H,20,21). The highest BCUT2D eigenvalue weighted by Gasteiger charge is 2.39. The lowest BCUT2D eigenvalue weighted by molar-refractivity contribution is 0.0950. The van der Waals surface area contributed by atoms with Crippen molar-refractivity contribution in [3.63, 3.8) is 0 Å². The maximum atomic E-state index is 12.3. The molecule has 4 rings (SSSR count). The predicted molar refractivity (Wildman–Crippen MR) is 83.7 cm³/mol. The smallest absolute Gasteiger partial charge is 0.251 e. The molecule has 2 aromatic rings. The predicted octanol–water partition coefficient (Wildman–Crippen LogP) is 2.94. The van der Waals surface area contributed by atoms with Crippen LogP contribution in [0.4, 0.5) is 5.69 Å². The van der Waals surface area contributed by atoms with E-state index in [1.54, 1.807) is 0 Å². The molecule has 106 valence electrons. The highest BCUT2D eigenvalue weighted by Crippen LogP contribution is 2.40. The topological polar surface area (TPSA) is 41.1 Å². The Labute approximate surface area is 124 Å². The third-order valence-electron chi connectivity index (χ3n) is 4.42. The first-order chi connectivity index (χ1) is 10.3. The average Bonchev–Trinajstić information content (AvgIpc) is 3.12. The molecule has 3 heteroatoms. The number of carbonyl (C=O) groups excluding carboxylic acids is 1. The Kier molecular flexibility index (Phi) is 2.92. The van der Waals surface area contributed by atoms with Crippen molar-refractivity contribution in [2.75, 3.05) is 11.9 Å². The molecule has 1 heterocycles. The first-order valence-electron chi connectivity index (χ1n) is 7.54. The van der Waals surface area contributed by atoms with Crippen LogP contribution in [0.5, 0.6) is 0 Å². The molecular formula is C18H18N2O. The lowest BCUT2D eigenvalue weighted by atomic mass is 10.1. The summed E-state index contributed by atoms with van der Waals surface area (Å²) in [5.74, 6) is 0.512. The zero-order valence-electron chi connectivity index (χ0n) is 11.8. The van der Waals surface area contributed by atoms with Crippen molar-refractivity contribution in [2.24, 2.45) is 0 Å². The highest BCUT2D eigenvalue weighted by molar-refractivity contribution is 5.96. The molecule has 2 atom stereocenters. The minimum atomic E-state index is 0.0370. The van der Waals surface area contributed by atoms with E-state index < -0.39 is 0 Å². The first-order valence-corrected chi connectivity index (χ1v) is 7.54. The number of rotatable bonds is 3. The second-order valence-electron chi connectivity index (χ2n) is 5.88. The zero-order valence-corrected chi connectivity index (χ0v) is 11.8. The molecular weight excluding hydrogens is 260 g/mol. The Morgan fingerprint density at radius 2 is 2.00 bits per heavy atom. The largest absolute Gasteiger partial charge is 0.384 e. The van der Waals surface area contributed by atoms with Gasteiger partial charge in [0.25, 0.3) is 5.91 Å². The molecule has 1 fully saturated rings. The van der Waals surface area contributed by atoms with Gasteiger partial charge in [-0.2, -0.15) is 0 Å². The minimum Gasteiger partial charge on any atom is -0.384 e. The third kappa shape index (κ3) is 2.40. The van der Waals surface area contributed by atoms with E-state index in [2.05, 4.69) is 41.0 Å². The van der Waals surface area contributed by atoms with Crippen molar-refractivity contribution in [1.82, 2.24) is 5.32 Å². The van der Waals surface area contributed by atoms with Crippen LogP contribution in [0.15, 0.2) is 48.5 Å². The zero-order chi connectivity index (χ0) is 14.2. The van der Waals surface area contributed by atoms with Crippen LogP contribution >= 0.6 is 0 Å². The van der Waals surface area contributed by atoms with E-state index >= 15 is 0 Å². The normalized spacial score (nSPS) is 22.3. The Hall–Kier alpha value is -2.29. The van der Waals surface area contributed by atoms with Crippen LogP contribution in [0.2, 0.25) is 0 Å². The Bertz CT molecular complexity index is 681. The van der Waals surface area contributed by atoms with Gasteiger partial charge in [-0.3, -0.25) is 4.79 Å². The molecule has 2 aromatic carbocycles. The summed E-state index contributed by atoms with van der Waals surface area (Å²) in [4.78, 5) is 12.3. The van der Waals surface area contributed by atoms with Gasteiger partial charge >= 0.3 is 0 Å². The Morgan fingerprint density at radius 3 is 2.86 bits per heavy atom. The molecule has 21 heavy (non-hydrogen) atoms. The van der Waals surface area contributed by atoms with Gasteiger partial charge in [0.15, 0.2) is 0 Å². The molecule has 1 saturated carbocycles. The molecule has 2 unspecified atom stereocenters. The molecule has 0 radical (unpaired) electrons. The van der Waals surface area contributed by atoms with Crippen molar-refractivity contribution in [2.45, 2.75) is 24.8 Å². The van der Waals surface area contributed by atoms with Gasteiger partial charge in [-0.15, -0.1) is 0 Å². The second kappa shape index (κ2) is 4.92. The average molecular weight is 278 g/mol. The van der Waals surface area contributed by atoms with Gasteiger partial charge in [-0.25, -0.2) is 0 Å². The van der Waals surface area contributed by atoms with E-state index in [1.165, 1.54) is 11.1 Å². The molecule has 1 aliphatic carbocycles. The maximum absolute atomic E-state index is 12.3. The number of hydrogen-bond acceptors (Lipinski definition) is 2. The summed E-state index contributed by atoms with van der Waals surface area (Å²) in [6, 6.07) is 16.6. The monoisotopic (exact) mass is 278 g/mol. The number of anilines is 1. The number of fused-ring (bicyclic) bond motifs is 1. The Balaban J connectivity index is 1.43. The van der Waals surface area contributed by atoms with Crippen LogP contribution < -0.4 is 10.6 Å². The summed E-state index contributed by atoms with van der Waals surface area (Å²) in [6.45, 7) is 0.971. The summed E-state index contributed by atoms with van der Waals surface area (Å²) < 4.78 is 0. The van der Waals surface area contributed by atoms with Crippen LogP contribution in [0.25, 0.3) is 0 Å². The number of hydrogen-bond donors (Lipinski definition) is 2. The molecule has 0 saturated heterocycles. The second-order valence-corrected chi connectivity index (χ2v) is 5.88. The van der Waals surface area contributed by atoms with Gasteiger partial charge < -0.3 is 10.6 Å². The van der Waals surface area contributed by atoms with E-state index in [1.807, 2.05) is 18.2 Å². The summed E-state index contributed by atoms with van der Waals surface area (Å²) >= 11 is 0. The van der Waals surface area contributed by atoms with Crippen LogP contribution in [0.3, 0.4) is 0 Å². The molecule has 3 nitrogen and oxygen atoms in total. The van der Waals surface area contributed by atoms with Crippen molar-refractivity contribution >= 4 is 11.6 Å². The van der Waals surface area contributed by atoms with Gasteiger partial charge in [0, 0.05) is 29.8 Å². The van der Waals surface area contributed by atoms with Crippen molar-refractivity contribution in [3.05, 3.63) is 65.2 Å². The van der Waals surface area contributed by atoms with E-state index in [0.717, 1.165) is 30.6 Å². The first kappa shape index (κ1) is 12.5. The van der Waals surface area contributed by atoms with Crippen molar-refractivity contribution in [3.8, 4) is 0 Å². The molecule has 1 aliphatic heterocycles. The van der Waals surface area contributed by atoms with Gasteiger partial charge in [-0.1, -0.05) is 36.4 Å². The highest BCUT2D eigenvalue weighted by atomic mass is 16.1. The summed E-state index contributed by atoms with van der Waals surface area (Å²) in [7, 11) is 0. The fourth-order valence-corrected chi connectivity index (χ4v) is 3.11. The lowest BCUT2D eigenvalue weighted by Gasteiger charge is -2.07. The number of nitrogens with one attached hydrogen (secondary N) is 2. The van der Waals surface area contributed by atoms with Crippen LogP contribution in [0, 0.1) is 0 Å². The number of benzene rings is 2. The fraction of sp³-hybridized carbons (Fsp3) is 0.278. The van der Waals surface area contributed by atoms with E-state index in [0.29, 0.717) is 5.92 Å². The van der Waals surface area contributed by atoms with Crippen LogP contribution in [-0.4, -0.2) is 18.5 Å². The number of carbonyl (C=O) groups is 1. The molecule has 0 bridgehead atoms. The maximum Gasteiger partial charge on any atom is 0.251 e. The van der Waals surface area contributed by atoms with Crippen LogP contribution in [0.1, 0.15) is 33.8 Å². The summed E-state index contributed by atoms with van der Waals surface area (Å²) in [5.41, 5.74) is 4.48. The van der Waals surface area contributed by atoms with E-state index in [4.69, 9.17) is 0 Å². The van der Waals surface area contributed by atoms with E-state index in [9.17, 15) is 4.79 Å². The minimum absolute atomic E-state index is 0.0370. The van der Waals surface area contributed by atoms with Gasteiger partial charge in [0.2, 0.25) is 0 Å². The fourth-order valence-electron chi connectivity index (χ4n) is 3.11. The van der Waals surface area contributed by atoms with Crippen LogP contribution in [-0.2, 0) is 6.42 Å².